The molecule has 0 spiro atoms. The molecular formula is C8H13N3O2S. The minimum absolute atomic E-state index is 0.346. The van der Waals surface area contributed by atoms with E-state index in [2.05, 4.69) is 4.99 Å². The highest BCUT2D eigenvalue weighted by molar-refractivity contribution is 8.13. The minimum atomic E-state index is -0.355. The van der Waals surface area contributed by atoms with E-state index in [9.17, 15) is 4.79 Å². The van der Waals surface area contributed by atoms with Crippen molar-refractivity contribution in [2.45, 2.75) is 6.92 Å². The van der Waals surface area contributed by atoms with Gasteiger partial charge in [0, 0.05) is 6.20 Å². The zero-order chi connectivity index (χ0) is 10.6. The van der Waals surface area contributed by atoms with Crippen LogP contribution in [0, 0.1) is 0 Å². The van der Waals surface area contributed by atoms with Gasteiger partial charge in [-0.3, -0.25) is 5.01 Å². The molecule has 5 nitrogen and oxygen atoms in total. The van der Waals surface area contributed by atoms with Crippen LogP contribution in [0.25, 0.3) is 0 Å². The van der Waals surface area contributed by atoms with Crippen molar-refractivity contribution in [2.24, 2.45) is 10.8 Å². The number of hydrogen-bond donors (Lipinski definition) is 1. The third-order valence-electron chi connectivity index (χ3n) is 1.64. The molecule has 78 valence electrons. The van der Waals surface area contributed by atoms with Crippen LogP contribution in [0.2, 0.25) is 0 Å². The molecule has 0 atom stereocenters. The maximum atomic E-state index is 11.3. The Balaban J connectivity index is 2.70. The van der Waals surface area contributed by atoms with Crippen molar-refractivity contribution in [1.82, 2.24) is 5.01 Å². The van der Waals surface area contributed by atoms with Gasteiger partial charge < -0.3 is 4.74 Å². The second-order valence-corrected chi connectivity index (χ2v) is 3.39. The molecule has 0 saturated carbocycles. The molecule has 0 unspecified atom stereocenters. The van der Waals surface area contributed by atoms with Crippen molar-refractivity contribution >= 4 is 22.9 Å². The number of hydrogen-bond acceptors (Lipinski definition) is 6. The van der Waals surface area contributed by atoms with Crippen LogP contribution in [-0.2, 0) is 9.53 Å². The first-order chi connectivity index (χ1) is 6.69. The fraction of sp³-hybridized carbons (Fsp3) is 0.500. The molecule has 14 heavy (non-hydrogen) atoms. The smallest absolute Gasteiger partial charge is 0.337 e. The highest BCUT2D eigenvalue weighted by atomic mass is 32.2. The van der Waals surface area contributed by atoms with E-state index < -0.39 is 0 Å². The van der Waals surface area contributed by atoms with Gasteiger partial charge in [0.25, 0.3) is 0 Å². The molecule has 1 aliphatic rings. The second-order valence-electron chi connectivity index (χ2n) is 2.62. The van der Waals surface area contributed by atoms with E-state index in [1.807, 2.05) is 6.26 Å². The first-order valence-corrected chi connectivity index (χ1v) is 5.41. The van der Waals surface area contributed by atoms with E-state index in [1.165, 1.54) is 23.0 Å². The predicted octanol–water partition coefficient (Wildman–Crippen LogP) is 0.342. The van der Waals surface area contributed by atoms with Crippen molar-refractivity contribution in [3.63, 3.8) is 0 Å². The molecule has 1 rings (SSSR count). The van der Waals surface area contributed by atoms with Crippen LogP contribution in [-0.4, -0.2) is 35.6 Å². The number of rotatable bonds is 2. The van der Waals surface area contributed by atoms with Gasteiger partial charge in [0.15, 0.2) is 5.17 Å². The van der Waals surface area contributed by atoms with E-state index in [1.54, 1.807) is 6.92 Å². The number of nitrogens with two attached hydrogens (primary N) is 1. The van der Waals surface area contributed by atoms with Gasteiger partial charge in [-0.25, -0.2) is 15.6 Å². The Morgan fingerprint density at radius 2 is 2.57 bits per heavy atom. The van der Waals surface area contributed by atoms with Crippen LogP contribution in [0.1, 0.15) is 6.92 Å². The number of amidine groups is 1. The lowest BCUT2D eigenvalue weighted by Crippen LogP contribution is -2.40. The number of carbonyl (C=O) groups excluding carboxylic acids is 1. The van der Waals surface area contributed by atoms with Crippen LogP contribution in [0.5, 0.6) is 0 Å². The van der Waals surface area contributed by atoms with Gasteiger partial charge in [0.2, 0.25) is 0 Å². The van der Waals surface area contributed by atoms with E-state index in [0.717, 1.165) is 0 Å². The molecule has 0 saturated heterocycles. The minimum Gasteiger partial charge on any atom is -0.463 e. The summed E-state index contributed by atoms with van der Waals surface area (Å²) in [5.41, 5.74) is 0.479. The van der Waals surface area contributed by atoms with Crippen LogP contribution in [0.3, 0.4) is 0 Å². The number of carbonyl (C=O) groups is 1. The predicted molar refractivity (Wildman–Crippen MR) is 56.6 cm³/mol. The Labute approximate surface area is 87.0 Å². The Morgan fingerprint density at radius 3 is 3.07 bits per heavy atom. The number of ether oxygens (including phenoxy) is 1. The first-order valence-electron chi connectivity index (χ1n) is 4.19. The Morgan fingerprint density at radius 1 is 1.86 bits per heavy atom. The number of esters is 1. The number of hydrazine groups is 1. The van der Waals surface area contributed by atoms with Crippen molar-refractivity contribution in [3.05, 3.63) is 11.8 Å². The van der Waals surface area contributed by atoms with E-state index in [0.29, 0.717) is 23.9 Å². The molecule has 0 amide bonds. The van der Waals surface area contributed by atoms with Gasteiger partial charge in [-0.1, -0.05) is 11.8 Å². The summed E-state index contributed by atoms with van der Waals surface area (Å²) in [6.07, 6.45) is 3.38. The average molecular weight is 215 g/mol. The van der Waals surface area contributed by atoms with Crippen LogP contribution in [0.4, 0.5) is 0 Å². The van der Waals surface area contributed by atoms with Gasteiger partial charge in [0.1, 0.15) is 0 Å². The number of aliphatic imine (C=N–C) groups is 1. The van der Waals surface area contributed by atoms with Crippen molar-refractivity contribution in [1.29, 1.82) is 0 Å². The van der Waals surface area contributed by atoms with Crippen LogP contribution in [0.15, 0.2) is 16.8 Å². The summed E-state index contributed by atoms with van der Waals surface area (Å²) in [6.45, 7) is 2.47. The normalized spacial score (nSPS) is 16.1. The zero-order valence-corrected chi connectivity index (χ0v) is 9.00. The maximum absolute atomic E-state index is 11.3. The Kier molecular flexibility index (Phi) is 3.97. The average Bonchev–Trinajstić information content (AvgIpc) is 2.18. The van der Waals surface area contributed by atoms with Crippen molar-refractivity contribution in [3.8, 4) is 0 Å². The topological polar surface area (TPSA) is 67.9 Å². The highest BCUT2D eigenvalue weighted by Gasteiger charge is 2.19. The molecule has 0 aromatic rings. The van der Waals surface area contributed by atoms with Crippen molar-refractivity contribution < 1.29 is 9.53 Å². The molecule has 0 aromatic carbocycles. The highest BCUT2D eigenvalue weighted by Crippen LogP contribution is 2.12. The summed E-state index contributed by atoms with van der Waals surface area (Å²) in [5.74, 6) is 5.29. The quantitative estimate of drug-likeness (QED) is 0.531. The molecule has 0 bridgehead atoms. The SMILES string of the molecule is CCOC(=O)C1=CN=C(SC)N(N)C1. The molecule has 1 heterocycles. The standard InChI is InChI=1S/C8H13N3O2S/c1-3-13-7(12)6-4-10-8(14-2)11(9)5-6/h4H,3,5,9H2,1-2H3. The molecule has 0 radical (unpaired) electrons. The molecule has 0 aromatic heterocycles. The molecule has 0 aliphatic carbocycles. The Bertz CT molecular complexity index is 288. The molecule has 1 aliphatic heterocycles. The Hall–Kier alpha value is -1.01. The largest absolute Gasteiger partial charge is 0.463 e. The summed E-state index contributed by atoms with van der Waals surface area (Å²) in [5, 5.41) is 2.12. The third-order valence-corrected chi connectivity index (χ3v) is 2.34. The lowest BCUT2D eigenvalue weighted by atomic mass is 10.3. The summed E-state index contributed by atoms with van der Waals surface area (Å²) in [7, 11) is 0. The summed E-state index contributed by atoms with van der Waals surface area (Å²) in [4.78, 5) is 15.3. The monoisotopic (exact) mass is 215 g/mol. The van der Waals surface area contributed by atoms with E-state index in [4.69, 9.17) is 10.6 Å². The second kappa shape index (κ2) is 5.02. The van der Waals surface area contributed by atoms with Gasteiger partial charge in [-0.2, -0.15) is 0 Å². The molecule has 6 heteroatoms. The van der Waals surface area contributed by atoms with Gasteiger partial charge in [-0.05, 0) is 13.2 Å². The molecule has 0 fully saturated rings. The fourth-order valence-corrected chi connectivity index (χ4v) is 1.47. The lowest BCUT2D eigenvalue weighted by Gasteiger charge is -2.22. The van der Waals surface area contributed by atoms with Gasteiger partial charge >= 0.3 is 5.97 Å². The summed E-state index contributed by atoms with van der Waals surface area (Å²) >= 11 is 1.44. The van der Waals surface area contributed by atoms with Crippen LogP contribution >= 0.6 is 11.8 Å². The van der Waals surface area contributed by atoms with E-state index in [-0.39, 0.29) is 5.97 Å². The van der Waals surface area contributed by atoms with Gasteiger partial charge in [0.05, 0.1) is 18.7 Å². The summed E-state index contributed by atoms with van der Waals surface area (Å²) < 4.78 is 4.83. The fourth-order valence-electron chi connectivity index (χ4n) is 1.01. The molecule has 2 N–H and O–H groups in total. The van der Waals surface area contributed by atoms with E-state index >= 15 is 0 Å². The number of thioether (sulfide) groups is 1. The first kappa shape index (κ1) is 11.1. The molecular weight excluding hydrogens is 202 g/mol. The summed E-state index contributed by atoms with van der Waals surface area (Å²) in [6, 6.07) is 0. The number of nitrogens with zero attached hydrogens (tertiary/aromatic N) is 2. The third kappa shape index (κ3) is 2.49. The van der Waals surface area contributed by atoms with Crippen molar-refractivity contribution in [2.75, 3.05) is 19.4 Å². The maximum Gasteiger partial charge on any atom is 0.337 e. The zero-order valence-electron chi connectivity index (χ0n) is 8.19. The van der Waals surface area contributed by atoms with Gasteiger partial charge in [-0.15, -0.1) is 0 Å². The van der Waals surface area contributed by atoms with Crippen LogP contribution < -0.4 is 5.84 Å². The lowest BCUT2D eigenvalue weighted by molar-refractivity contribution is -0.138.